The summed E-state index contributed by atoms with van der Waals surface area (Å²) >= 11 is 5.74. The van der Waals surface area contributed by atoms with E-state index < -0.39 is 0 Å². The van der Waals surface area contributed by atoms with Crippen LogP contribution < -0.4 is 10.2 Å². The van der Waals surface area contributed by atoms with Crippen LogP contribution in [0.1, 0.15) is 0 Å². The van der Waals surface area contributed by atoms with Crippen LogP contribution >= 0.6 is 11.6 Å². The standard InChI is InChI=1S/C8H8ClN3O/c1-12-4-7(13)11-6-2-5(9)3-10-8(6)12/h2-3H,4H2,1H3,(H,11,13). The minimum absolute atomic E-state index is 0.0425. The molecule has 0 saturated carbocycles. The molecule has 0 saturated heterocycles. The molecule has 1 aromatic heterocycles. The molecular formula is C8H8ClN3O. The number of nitrogens with one attached hydrogen (secondary N) is 1. The van der Waals surface area contributed by atoms with E-state index >= 15 is 0 Å². The Labute approximate surface area is 80.5 Å². The molecule has 1 amide bonds. The van der Waals surface area contributed by atoms with Crippen LogP contribution in [-0.4, -0.2) is 24.5 Å². The van der Waals surface area contributed by atoms with E-state index in [2.05, 4.69) is 10.3 Å². The van der Waals surface area contributed by atoms with Gasteiger partial charge < -0.3 is 10.2 Å². The van der Waals surface area contributed by atoms with E-state index in [-0.39, 0.29) is 5.91 Å². The molecule has 0 fully saturated rings. The first kappa shape index (κ1) is 8.31. The second kappa shape index (κ2) is 2.88. The van der Waals surface area contributed by atoms with E-state index in [4.69, 9.17) is 11.6 Å². The molecule has 0 atom stereocenters. The van der Waals surface area contributed by atoms with Crippen molar-refractivity contribution in [3.63, 3.8) is 0 Å². The summed E-state index contributed by atoms with van der Waals surface area (Å²) in [6.07, 6.45) is 1.56. The summed E-state index contributed by atoms with van der Waals surface area (Å²) in [6, 6.07) is 1.69. The molecule has 68 valence electrons. The molecule has 13 heavy (non-hydrogen) atoms. The van der Waals surface area contributed by atoms with Crippen LogP contribution in [0.25, 0.3) is 0 Å². The lowest BCUT2D eigenvalue weighted by atomic mass is 10.3. The van der Waals surface area contributed by atoms with Crippen molar-refractivity contribution in [2.24, 2.45) is 0 Å². The van der Waals surface area contributed by atoms with Crippen LogP contribution in [0.4, 0.5) is 11.5 Å². The van der Waals surface area contributed by atoms with Gasteiger partial charge in [-0.3, -0.25) is 4.79 Å². The number of carbonyl (C=O) groups is 1. The Kier molecular flexibility index (Phi) is 1.84. The summed E-state index contributed by atoms with van der Waals surface area (Å²) < 4.78 is 0. The lowest BCUT2D eigenvalue weighted by molar-refractivity contribution is -0.115. The third-order valence-electron chi connectivity index (χ3n) is 1.85. The summed E-state index contributed by atoms with van der Waals surface area (Å²) in [6.45, 7) is 0.335. The quantitative estimate of drug-likeness (QED) is 0.678. The fraction of sp³-hybridized carbons (Fsp3) is 0.250. The van der Waals surface area contributed by atoms with Crippen molar-refractivity contribution in [3.05, 3.63) is 17.3 Å². The Hall–Kier alpha value is -1.29. The van der Waals surface area contributed by atoms with Gasteiger partial charge in [-0.25, -0.2) is 4.98 Å². The summed E-state index contributed by atoms with van der Waals surface area (Å²) in [4.78, 5) is 17.0. The minimum Gasteiger partial charge on any atom is -0.349 e. The van der Waals surface area contributed by atoms with Gasteiger partial charge in [0.15, 0.2) is 5.82 Å². The van der Waals surface area contributed by atoms with Crippen LogP contribution in [0.3, 0.4) is 0 Å². The average molecular weight is 198 g/mol. The summed E-state index contributed by atoms with van der Waals surface area (Å²) in [5.41, 5.74) is 0.672. The largest absolute Gasteiger partial charge is 0.349 e. The van der Waals surface area contributed by atoms with Gasteiger partial charge in [-0.2, -0.15) is 0 Å². The fourth-order valence-electron chi connectivity index (χ4n) is 1.31. The van der Waals surface area contributed by atoms with Crippen LogP contribution in [0.15, 0.2) is 12.3 Å². The number of halogens is 1. The van der Waals surface area contributed by atoms with Crippen LogP contribution in [0, 0.1) is 0 Å². The molecule has 1 aromatic rings. The third kappa shape index (κ3) is 1.45. The highest BCUT2D eigenvalue weighted by molar-refractivity contribution is 6.31. The predicted molar refractivity (Wildman–Crippen MR) is 51.1 cm³/mol. The first-order valence-electron chi connectivity index (χ1n) is 3.83. The van der Waals surface area contributed by atoms with Gasteiger partial charge >= 0.3 is 0 Å². The number of carbonyl (C=O) groups excluding carboxylic acids is 1. The summed E-state index contributed by atoms with van der Waals surface area (Å²) in [5.74, 6) is 0.711. The van der Waals surface area contributed by atoms with E-state index in [0.717, 1.165) is 5.82 Å². The highest BCUT2D eigenvalue weighted by Gasteiger charge is 2.19. The molecule has 0 bridgehead atoms. The Morgan fingerprint density at radius 2 is 2.46 bits per heavy atom. The van der Waals surface area contributed by atoms with E-state index in [1.807, 2.05) is 7.05 Å². The number of amides is 1. The molecule has 0 radical (unpaired) electrons. The number of likely N-dealkylation sites (N-methyl/N-ethyl adjacent to an activating group) is 1. The van der Waals surface area contributed by atoms with Crippen molar-refractivity contribution in [2.75, 3.05) is 23.8 Å². The molecule has 0 unspecified atom stereocenters. The molecule has 4 nitrogen and oxygen atoms in total. The Morgan fingerprint density at radius 1 is 1.69 bits per heavy atom. The van der Waals surface area contributed by atoms with Gasteiger partial charge in [0.1, 0.15) is 0 Å². The summed E-state index contributed by atoms with van der Waals surface area (Å²) in [7, 11) is 1.82. The zero-order valence-electron chi connectivity index (χ0n) is 7.04. The van der Waals surface area contributed by atoms with E-state index in [1.54, 1.807) is 17.2 Å². The molecule has 1 aliphatic heterocycles. The van der Waals surface area contributed by atoms with Crippen molar-refractivity contribution in [1.29, 1.82) is 0 Å². The number of rotatable bonds is 0. The topological polar surface area (TPSA) is 45.2 Å². The normalized spacial score (nSPS) is 15.2. The van der Waals surface area contributed by atoms with Gasteiger partial charge in [0.25, 0.3) is 0 Å². The monoisotopic (exact) mass is 197 g/mol. The Morgan fingerprint density at radius 3 is 3.23 bits per heavy atom. The molecule has 0 aliphatic carbocycles. The molecule has 2 rings (SSSR count). The molecule has 2 heterocycles. The molecule has 0 spiro atoms. The van der Waals surface area contributed by atoms with Crippen LogP contribution in [-0.2, 0) is 4.79 Å². The van der Waals surface area contributed by atoms with Crippen molar-refractivity contribution in [1.82, 2.24) is 4.98 Å². The molecule has 0 aromatic carbocycles. The van der Waals surface area contributed by atoms with Gasteiger partial charge in [-0.1, -0.05) is 11.6 Å². The number of anilines is 2. The van der Waals surface area contributed by atoms with E-state index in [9.17, 15) is 4.79 Å². The van der Waals surface area contributed by atoms with Crippen LogP contribution in [0.2, 0.25) is 5.02 Å². The van der Waals surface area contributed by atoms with Gasteiger partial charge in [0, 0.05) is 13.2 Å². The van der Waals surface area contributed by atoms with E-state index in [0.29, 0.717) is 17.3 Å². The highest BCUT2D eigenvalue weighted by atomic mass is 35.5. The first-order chi connectivity index (χ1) is 6.16. The van der Waals surface area contributed by atoms with Gasteiger partial charge in [-0.05, 0) is 6.07 Å². The molecule has 1 aliphatic rings. The minimum atomic E-state index is -0.0425. The van der Waals surface area contributed by atoms with Crippen LogP contribution in [0.5, 0.6) is 0 Å². The summed E-state index contributed by atoms with van der Waals surface area (Å²) in [5, 5.41) is 3.23. The lowest BCUT2D eigenvalue weighted by Gasteiger charge is -2.25. The maximum atomic E-state index is 11.1. The van der Waals surface area contributed by atoms with Gasteiger partial charge in [-0.15, -0.1) is 0 Å². The number of nitrogens with zero attached hydrogens (tertiary/aromatic N) is 2. The van der Waals surface area contributed by atoms with Crippen molar-refractivity contribution in [2.45, 2.75) is 0 Å². The van der Waals surface area contributed by atoms with Crippen molar-refractivity contribution < 1.29 is 4.79 Å². The molecule has 5 heteroatoms. The lowest BCUT2D eigenvalue weighted by Crippen LogP contribution is -2.35. The number of hydrogen-bond acceptors (Lipinski definition) is 3. The number of pyridine rings is 1. The molecule has 1 N–H and O–H groups in total. The van der Waals surface area contributed by atoms with Crippen molar-refractivity contribution in [3.8, 4) is 0 Å². The Bertz CT molecular complexity index is 366. The Balaban J connectivity index is 2.49. The van der Waals surface area contributed by atoms with E-state index in [1.165, 1.54) is 0 Å². The second-order valence-electron chi connectivity index (χ2n) is 2.93. The maximum absolute atomic E-state index is 11.1. The zero-order chi connectivity index (χ0) is 9.42. The van der Waals surface area contributed by atoms with Gasteiger partial charge in [0.2, 0.25) is 5.91 Å². The highest BCUT2D eigenvalue weighted by Crippen LogP contribution is 2.27. The third-order valence-corrected chi connectivity index (χ3v) is 2.06. The molecular weight excluding hydrogens is 190 g/mol. The number of aromatic nitrogens is 1. The second-order valence-corrected chi connectivity index (χ2v) is 3.37. The average Bonchev–Trinajstić information content (AvgIpc) is 2.02. The number of fused-ring (bicyclic) bond motifs is 1. The zero-order valence-corrected chi connectivity index (χ0v) is 7.80. The fourth-order valence-corrected chi connectivity index (χ4v) is 1.47. The van der Waals surface area contributed by atoms with Crippen molar-refractivity contribution >= 4 is 29.0 Å². The first-order valence-corrected chi connectivity index (χ1v) is 4.21. The maximum Gasteiger partial charge on any atom is 0.244 e. The smallest absolute Gasteiger partial charge is 0.244 e. The van der Waals surface area contributed by atoms with Gasteiger partial charge in [0.05, 0.1) is 17.3 Å². The predicted octanol–water partition coefficient (Wildman–Crippen LogP) is 1.12. The SMILES string of the molecule is CN1CC(=O)Nc2cc(Cl)cnc21. The number of hydrogen-bond donors (Lipinski definition) is 1.